The van der Waals surface area contributed by atoms with E-state index in [1.54, 1.807) is 4.90 Å². The van der Waals surface area contributed by atoms with Gasteiger partial charge in [-0.1, -0.05) is 30.3 Å². The molecule has 2 rings (SSSR count). The minimum absolute atomic E-state index is 0.169. The van der Waals surface area contributed by atoms with Crippen molar-refractivity contribution in [1.29, 1.82) is 0 Å². The molecule has 0 aliphatic carbocycles. The number of halogens is 1. The van der Waals surface area contributed by atoms with E-state index in [9.17, 15) is 9.59 Å². The predicted octanol–water partition coefficient (Wildman–Crippen LogP) is 3.36. The number of likely N-dealkylation sites (tertiary alicyclic amines) is 1. The van der Waals surface area contributed by atoms with Crippen molar-refractivity contribution in [3.63, 3.8) is 0 Å². The Morgan fingerprint density at radius 3 is 2.45 bits per heavy atom. The van der Waals surface area contributed by atoms with Gasteiger partial charge in [0.25, 0.3) is 0 Å². The van der Waals surface area contributed by atoms with Crippen LogP contribution in [0.25, 0.3) is 0 Å². The quantitative estimate of drug-likeness (QED) is 0.419. The molecule has 1 aromatic carbocycles. The average Bonchev–Trinajstić information content (AvgIpc) is 2.55. The second-order valence-electron chi connectivity index (χ2n) is 5.30. The number of carbonyl (C=O) groups excluding carboxylic acids is 2. The molecule has 0 bridgehead atoms. The maximum Gasteiger partial charge on any atom is 0.410 e. The number of nitrogens with zero attached hydrogens (tertiary/aromatic N) is 1. The fraction of sp³-hybridized carbons (Fsp3) is 0.500. The van der Waals surface area contributed by atoms with E-state index in [0.717, 1.165) is 18.4 Å². The van der Waals surface area contributed by atoms with Gasteiger partial charge >= 0.3 is 12.1 Å². The van der Waals surface area contributed by atoms with Crippen molar-refractivity contribution < 1.29 is 19.1 Å². The normalized spacial score (nSPS) is 15.4. The van der Waals surface area contributed by atoms with Crippen molar-refractivity contribution in [3.8, 4) is 0 Å². The number of carbonyl (C=O) groups is 2. The van der Waals surface area contributed by atoms with Gasteiger partial charge in [-0.2, -0.15) is 0 Å². The summed E-state index contributed by atoms with van der Waals surface area (Å²) in [6, 6.07) is 9.65. The molecular formula is C16H20INO4. The first kappa shape index (κ1) is 17.1. The molecule has 1 aliphatic heterocycles. The van der Waals surface area contributed by atoms with E-state index < -0.39 is 0 Å². The number of hydrogen-bond donors (Lipinski definition) is 0. The molecule has 0 atom stereocenters. The van der Waals surface area contributed by atoms with Crippen LogP contribution in [0.15, 0.2) is 30.3 Å². The van der Waals surface area contributed by atoms with Gasteiger partial charge in [0.05, 0.1) is 0 Å². The summed E-state index contributed by atoms with van der Waals surface area (Å²) in [7, 11) is 0. The Bertz CT molecular complexity index is 486. The van der Waals surface area contributed by atoms with Crippen molar-refractivity contribution >= 4 is 34.7 Å². The summed E-state index contributed by atoms with van der Waals surface area (Å²) in [6.45, 7) is 1.61. The summed E-state index contributed by atoms with van der Waals surface area (Å²) in [6.07, 6.45) is 1.79. The van der Waals surface area contributed by atoms with Crippen LogP contribution in [0.2, 0.25) is 0 Å². The molecule has 120 valence electrons. The molecule has 0 spiro atoms. The molecule has 0 N–H and O–H groups in total. The van der Waals surface area contributed by atoms with E-state index in [0.29, 0.717) is 30.7 Å². The average molecular weight is 417 g/mol. The van der Waals surface area contributed by atoms with Crippen LogP contribution in [0, 0.1) is 5.92 Å². The second kappa shape index (κ2) is 8.97. The molecule has 0 radical (unpaired) electrons. The first-order chi connectivity index (χ1) is 10.7. The van der Waals surface area contributed by atoms with Crippen LogP contribution in [0.3, 0.4) is 0 Å². The number of ether oxygens (including phenoxy) is 2. The van der Waals surface area contributed by atoms with Crippen LogP contribution in [-0.2, 0) is 20.9 Å². The molecule has 1 aliphatic rings. The highest BCUT2D eigenvalue weighted by Crippen LogP contribution is 2.21. The summed E-state index contributed by atoms with van der Waals surface area (Å²) >= 11 is 2.00. The Labute approximate surface area is 144 Å². The van der Waals surface area contributed by atoms with E-state index in [4.69, 9.17) is 9.47 Å². The van der Waals surface area contributed by atoms with Crippen molar-refractivity contribution in [3.05, 3.63) is 35.9 Å². The van der Waals surface area contributed by atoms with Gasteiger partial charge in [0.2, 0.25) is 0 Å². The van der Waals surface area contributed by atoms with Gasteiger partial charge in [0, 0.05) is 19.5 Å². The van der Waals surface area contributed by atoms with Gasteiger partial charge in [-0.05, 0) is 46.9 Å². The molecule has 0 aromatic heterocycles. The largest absolute Gasteiger partial charge is 0.461 e. The number of alkyl halides is 1. The van der Waals surface area contributed by atoms with E-state index in [1.165, 1.54) is 0 Å². The van der Waals surface area contributed by atoms with Crippen LogP contribution >= 0.6 is 22.6 Å². The third-order valence-corrected chi connectivity index (χ3v) is 4.06. The van der Waals surface area contributed by atoms with Crippen molar-refractivity contribution in [2.24, 2.45) is 5.92 Å². The SMILES string of the molecule is O=C(CC1CCN(C(=O)OCI)CC1)OCc1ccccc1. The summed E-state index contributed by atoms with van der Waals surface area (Å²) < 4.78 is 10.6. The van der Waals surface area contributed by atoms with Crippen LogP contribution < -0.4 is 0 Å². The number of esters is 1. The molecule has 5 nitrogen and oxygen atoms in total. The molecule has 0 unspecified atom stereocenters. The Hall–Kier alpha value is -1.31. The van der Waals surface area contributed by atoms with Crippen LogP contribution in [0.1, 0.15) is 24.8 Å². The molecule has 1 heterocycles. The van der Waals surface area contributed by atoms with Gasteiger partial charge in [-0.15, -0.1) is 0 Å². The van der Waals surface area contributed by atoms with Gasteiger partial charge < -0.3 is 14.4 Å². The monoisotopic (exact) mass is 417 g/mol. The lowest BCUT2D eigenvalue weighted by Crippen LogP contribution is -2.39. The minimum Gasteiger partial charge on any atom is -0.461 e. The Kier molecular flexibility index (Phi) is 6.95. The molecular weight excluding hydrogens is 397 g/mol. The number of amides is 1. The van der Waals surface area contributed by atoms with Crippen LogP contribution in [0.5, 0.6) is 0 Å². The summed E-state index contributed by atoms with van der Waals surface area (Å²) in [5.74, 6) is 0.115. The van der Waals surface area contributed by atoms with Gasteiger partial charge in [0.1, 0.15) is 11.2 Å². The first-order valence-corrected chi connectivity index (χ1v) is 8.89. The zero-order chi connectivity index (χ0) is 15.8. The maximum absolute atomic E-state index is 11.9. The molecule has 22 heavy (non-hydrogen) atoms. The van der Waals surface area contributed by atoms with Gasteiger partial charge in [-0.25, -0.2) is 4.79 Å². The molecule has 6 heteroatoms. The molecule has 1 saturated heterocycles. The van der Waals surface area contributed by atoms with E-state index in [2.05, 4.69) is 0 Å². The lowest BCUT2D eigenvalue weighted by Gasteiger charge is -2.30. The highest BCUT2D eigenvalue weighted by Gasteiger charge is 2.25. The number of rotatable bonds is 5. The molecule has 1 amide bonds. The minimum atomic E-state index is -0.264. The zero-order valence-electron chi connectivity index (χ0n) is 12.4. The third kappa shape index (κ3) is 5.47. The smallest absolute Gasteiger partial charge is 0.410 e. The highest BCUT2D eigenvalue weighted by atomic mass is 127. The second-order valence-corrected chi connectivity index (χ2v) is 5.92. The number of piperidine rings is 1. The van der Waals surface area contributed by atoms with E-state index in [1.807, 2.05) is 52.9 Å². The van der Waals surface area contributed by atoms with Crippen LogP contribution in [0.4, 0.5) is 4.79 Å². The fourth-order valence-corrected chi connectivity index (χ4v) is 2.76. The van der Waals surface area contributed by atoms with Gasteiger partial charge in [-0.3, -0.25) is 4.79 Å². The summed E-state index contributed by atoms with van der Waals surface area (Å²) in [5.41, 5.74) is 0.993. The zero-order valence-corrected chi connectivity index (χ0v) is 14.5. The molecule has 1 aromatic rings. The lowest BCUT2D eigenvalue weighted by molar-refractivity contribution is -0.146. The van der Waals surface area contributed by atoms with Gasteiger partial charge in [0.15, 0.2) is 0 Å². The summed E-state index contributed by atoms with van der Waals surface area (Å²) in [5, 5.41) is 0. The standard InChI is InChI=1S/C16H20INO4/c17-12-22-16(20)18-8-6-13(7-9-18)10-15(19)21-11-14-4-2-1-3-5-14/h1-5,13H,6-12H2. The third-order valence-electron chi connectivity index (χ3n) is 3.75. The summed E-state index contributed by atoms with van der Waals surface area (Å²) in [4.78, 5) is 25.2. The number of hydrogen-bond acceptors (Lipinski definition) is 4. The number of benzene rings is 1. The van der Waals surface area contributed by atoms with Crippen LogP contribution in [-0.4, -0.2) is 34.7 Å². The fourth-order valence-electron chi connectivity index (χ4n) is 2.49. The molecule has 0 saturated carbocycles. The van der Waals surface area contributed by atoms with Crippen molar-refractivity contribution in [1.82, 2.24) is 4.90 Å². The lowest BCUT2D eigenvalue weighted by atomic mass is 9.94. The Morgan fingerprint density at radius 1 is 1.14 bits per heavy atom. The van der Waals surface area contributed by atoms with E-state index in [-0.39, 0.29) is 18.0 Å². The highest BCUT2D eigenvalue weighted by molar-refractivity contribution is 14.1. The van der Waals surface area contributed by atoms with Crippen molar-refractivity contribution in [2.75, 3.05) is 17.7 Å². The predicted molar refractivity (Wildman–Crippen MR) is 90.5 cm³/mol. The van der Waals surface area contributed by atoms with E-state index >= 15 is 0 Å². The van der Waals surface area contributed by atoms with Crippen molar-refractivity contribution in [2.45, 2.75) is 25.9 Å². The molecule has 1 fully saturated rings. The first-order valence-electron chi connectivity index (χ1n) is 7.36. The maximum atomic E-state index is 11.9. The Balaban J connectivity index is 1.67. The Morgan fingerprint density at radius 2 is 1.82 bits per heavy atom. The topological polar surface area (TPSA) is 55.8 Å².